The Kier molecular flexibility index (Phi) is 4.58. The number of carbonyl (C=O) groups is 2. The molecule has 2 aromatic carbocycles. The Morgan fingerprint density at radius 2 is 1.93 bits per heavy atom. The molecule has 3 aromatic rings. The lowest BCUT2D eigenvalue weighted by molar-refractivity contribution is -0.147. The molecule has 0 N–H and O–H groups in total. The predicted molar refractivity (Wildman–Crippen MR) is 98.5 cm³/mol. The van der Waals surface area contributed by atoms with Crippen molar-refractivity contribution >= 4 is 22.9 Å². The summed E-state index contributed by atoms with van der Waals surface area (Å²) in [5.74, 6) is -0.356. The molecular weight excluding hydrogens is 344 g/mol. The van der Waals surface area contributed by atoms with Gasteiger partial charge >= 0.3 is 5.97 Å². The fourth-order valence-electron chi connectivity index (χ4n) is 3.62. The van der Waals surface area contributed by atoms with Gasteiger partial charge in [0.1, 0.15) is 18.3 Å². The molecule has 0 radical (unpaired) electrons. The van der Waals surface area contributed by atoms with Crippen LogP contribution in [0.2, 0.25) is 0 Å². The van der Waals surface area contributed by atoms with Crippen molar-refractivity contribution in [1.82, 2.24) is 19.9 Å². The minimum Gasteiger partial charge on any atom is -0.463 e. The summed E-state index contributed by atoms with van der Waals surface area (Å²) in [6, 6.07) is 16.9. The number of fused-ring (bicyclic) bond motifs is 1. The van der Waals surface area contributed by atoms with E-state index in [4.69, 9.17) is 4.74 Å². The number of likely N-dealkylation sites (tertiary alicyclic amines) is 1. The summed E-state index contributed by atoms with van der Waals surface area (Å²) < 4.78 is 7.09. The summed E-state index contributed by atoms with van der Waals surface area (Å²) in [4.78, 5) is 26.0. The van der Waals surface area contributed by atoms with E-state index in [1.807, 2.05) is 54.6 Å². The van der Waals surface area contributed by atoms with Crippen LogP contribution in [-0.4, -0.2) is 38.4 Å². The average Bonchev–Trinajstić information content (AvgIpc) is 3.26. The van der Waals surface area contributed by atoms with Crippen molar-refractivity contribution in [2.24, 2.45) is 0 Å². The van der Waals surface area contributed by atoms with Crippen LogP contribution in [0.15, 0.2) is 54.6 Å². The number of nitrogens with zero attached hydrogens (tertiary/aromatic N) is 4. The first-order valence-electron chi connectivity index (χ1n) is 8.94. The van der Waals surface area contributed by atoms with Crippen LogP contribution < -0.4 is 0 Å². The van der Waals surface area contributed by atoms with Crippen LogP contribution in [0.1, 0.15) is 37.5 Å². The number of benzene rings is 2. The van der Waals surface area contributed by atoms with Crippen LogP contribution in [0.25, 0.3) is 11.0 Å². The van der Waals surface area contributed by atoms with E-state index in [-0.39, 0.29) is 30.7 Å². The fourth-order valence-corrected chi connectivity index (χ4v) is 3.62. The number of ether oxygens (including phenoxy) is 1. The van der Waals surface area contributed by atoms with Crippen LogP contribution in [-0.2, 0) is 14.3 Å². The zero-order chi connectivity index (χ0) is 18.8. The summed E-state index contributed by atoms with van der Waals surface area (Å²) in [5.41, 5.74) is 2.58. The lowest BCUT2D eigenvalue weighted by atomic mass is 10.1. The van der Waals surface area contributed by atoms with Gasteiger partial charge in [0.25, 0.3) is 0 Å². The average molecular weight is 364 g/mol. The summed E-state index contributed by atoms with van der Waals surface area (Å²) in [6.45, 7) is 1.48. The molecule has 138 valence electrons. The number of hydrogen-bond acceptors (Lipinski definition) is 5. The maximum atomic E-state index is 12.8. The van der Waals surface area contributed by atoms with Gasteiger partial charge in [0.05, 0.1) is 11.6 Å². The van der Waals surface area contributed by atoms with Crippen molar-refractivity contribution in [3.05, 3.63) is 60.2 Å². The number of amides is 1. The second kappa shape index (κ2) is 7.19. The molecule has 1 aliphatic heterocycles. The number of esters is 1. The first kappa shape index (κ1) is 17.2. The molecule has 4 rings (SSSR count). The lowest BCUT2D eigenvalue weighted by Gasteiger charge is -2.33. The second-order valence-corrected chi connectivity index (χ2v) is 6.57. The Hall–Kier alpha value is -3.22. The van der Waals surface area contributed by atoms with Crippen molar-refractivity contribution in [2.75, 3.05) is 6.61 Å². The largest absolute Gasteiger partial charge is 0.463 e. The van der Waals surface area contributed by atoms with Crippen molar-refractivity contribution in [3.63, 3.8) is 0 Å². The van der Waals surface area contributed by atoms with E-state index >= 15 is 0 Å². The quantitative estimate of drug-likeness (QED) is 0.651. The van der Waals surface area contributed by atoms with Crippen LogP contribution in [0.4, 0.5) is 0 Å². The normalized spacial score (nSPS) is 18.0. The maximum absolute atomic E-state index is 12.8. The van der Waals surface area contributed by atoms with Gasteiger partial charge in [-0.25, -0.2) is 4.68 Å². The Labute approximate surface area is 156 Å². The monoisotopic (exact) mass is 364 g/mol. The number of rotatable bonds is 5. The summed E-state index contributed by atoms with van der Waals surface area (Å²) in [6.07, 6.45) is 0.781. The molecule has 2 atom stereocenters. The van der Waals surface area contributed by atoms with Gasteiger partial charge < -0.3 is 9.64 Å². The molecule has 1 amide bonds. The molecule has 2 heterocycles. The smallest absolute Gasteiger partial charge is 0.302 e. The minimum atomic E-state index is -0.377. The van der Waals surface area contributed by atoms with Crippen LogP contribution in [0.3, 0.4) is 0 Å². The Balaban J connectivity index is 1.74. The summed E-state index contributed by atoms with van der Waals surface area (Å²) in [7, 11) is 0. The highest BCUT2D eigenvalue weighted by molar-refractivity contribution is 5.80. The van der Waals surface area contributed by atoms with Gasteiger partial charge in [0, 0.05) is 13.3 Å². The molecule has 0 saturated carbocycles. The van der Waals surface area contributed by atoms with Gasteiger partial charge in [-0.05, 0) is 24.1 Å². The van der Waals surface area contributed by atoms with Gasteiger partial charge in [-0.3, -0.25) is 9.59 Å². The minimum absolute atomic E-state index is 0.0144. The topological polar surface area (TPSA) is 77.3 Å². The highest BCUT2D eigenvalue weighted by Crippen LogP contribution is 2.37. The van der Waals surface area contributed by atoms with E-state index in [9.17, 15) is 9.59 Å². The third-order valence-corrected chi connectivity index (χ3v) is 4.85. The SMILES string of the molecule is CC(=O)OC[C@H](c1ccccc1)N1C(=O)CCC1n1nnc2ccccc21. The number of hydrogen-bond donors (Lipinski definition) is 0. The van der Waals surface area contributed by atoms with Crippen molar-refractivity contribution < 1.29 is 14.3 Å². The third kappa shape index (κ3) is 3.28. The molecule has 0 bridgehead atoms. The zero-order valence-corrected chi connectivity index (χ0v) is 15.0. The van der Waals surface area contributed by atoms with Crippen LogP contribution in [0.5, 0.6) is 0 Å². The van der Waals surface area contributed by atoms with Crippen LogP contribution in [0, 0.1) is 0 Å². The van der Waals surface area contributed by atoms with E-state index in [1.54, 1.807) is 9.58 Å². The lowest BCUT2D eigenvalue weighted by Crippen LogP contribution is -2.37. The van der Waals surface area contributed by atoms with E-state index in [0.29, 0.717) is 12.8 Å². The molecule has 0 aliphatic carbocycles. The molecule has 1 aromatic heterocycles. The molecule has 1 unspecified atom stereocenters. The zero-order valence-electron chi connectivity index (χ0n) is 15.0. The number of para-hydroxylation sites is 1. The van der Waals surface area contributed by atoms with E-state index in [0.717, 1.165) is 16.6 Å². The summed E-state index contributed by atoms with van der Waals surface area (Å²) >= 11 is 0. The molecule has 1 fully saturated rings. The van der Waals surface area contributed by atoms with E-state index in [2.05, 4.69) is 10.3 Å². The number of carbonyl (C=O) groups excluding carboxylic acids is 2. The van der Waals surface area contributed by atoms with Gasteiger partial charge in [-0.2, -0.15) is 0 Å². The van der Waals surface area contributed by atoms with Crippen molar-refractivity contribution in [3.8, 4) is 0 Å². The van der Waals surface area contributed by atoms with E-state index < -0.39 is 0 Å². The van der Waals surface area contributed by atoms with Gasteiger partial charge in [-0.1, -0.05) is 47.7 Å². The Bertz CT molecular complexity index is 970. The molecule has 1 aliphatic rings. The van der Waals surface area contributed by atoms with Gasteiger partial charge in [0.2, 0.25) is 5.91 Å². The van der Waals surface area contributed by atoms with Gasteiger partial charge in [-0.15, -0.1) is 5.10 Å². The second-order valence-electron chi connectivity index (χ2n) is 6.57. The first-order chi connectivity index (χ1) is 13.1. The molecule has 7 heteroatoms. The Morgan fingerprint density at radius 1 is 1.19 bits per heavy atom. The predicted octanol–water partition coefficient (Wildman–Crippen LogP) is 2.86. The highest BCUT2D eigenvalue weighted by Gasteiger charge is 2.39. The third-order valence-electron chi connectivity index (χ3n) is 4.85. The summed E-state index contributed by atoms with van der Waals surface area (Å²) in [5, 5.41) is 8.52. The van der Waals surface area contributed by atoms with E-state index in [1.165, 1.54) is 6.92 Å². The highest BCUT2D eigenvalue weighted by atomic mass is 16.5. The van der Waals surface area contributed by atoms with Gasteiger partial charge in [0.15, 0.2) is 0 Å². The molecular formula is C20H20N4O3. The maximum Gasteiger partial charge on any atom is 0.302 e. The molecule has 27 heavy (non-hydrogen) atoms. The molecule has 0 spiro atoms. The van der Waals surface area contributed by atoms with Crippen molar-refractivity contribution in [2.45, 2.75) is 32.0 Å². The van der Waals surface area contributed by atoms with Crippen LogP contribution >= 0.6 is 0 Å². The first-order valence-corrected chi connectivity index (χ1v) is 8.94. The standard InChI is InChI=1S/C20H20N4O3/c1-14(25)27-13-18(15-7-3-2-4-8-15)23-19(11-12-20(23)26)24-17-10-6-5-9-16(17)21-22-24/h2-10,18-19H,11-13H2,1H3/t18-,19?/m1/s1. The Morgan fingerprint density at radius 3 is 2.70 bits per heavy atom. The fraction of sp³-hybridized carbons (Fsp3) is 0.300. The molecule has 7 nitrogen and oxygen atoms in total. The molecule has 1 saturated heterocycles. The number of aromatic nitrogens is 3. The van der Waals surface area contributed by atoms with Crippen molar-refractivity contribution in [1.29, 1.82) is 0 Å².